The Morgan fingerprint density at radius 1 is 1.00 bits per heavy atom. The molecule has 234 valence electrons. The molecule has 0 atom stereocenters. The van der Waals surface area contributed by atoms with Gasteiger partial charge in [0.25, 0.3) is 0 Å². The number of carbonyl (C=O) groups excluding carboxylic acids is 1. The first-order valence-electron chi connectivity index (χ1n) is 13.8. The molecule has 43 heavy (non-hydrogen) atoms. The van der Waals surface area contributed by atoms with Crippen molar-refractivity contribution in [2.45, 2.75) is 60.0 Å². The van der Waals surface area contributed by atoms with Crippen molar-refractivity contribution in [2.75, 3.05) is 36.5 Å². The Bertz CT molecular complexity index is 1550. The number of pyridine rings is 1. The SMILES string of the molecule is CC.CC(C)(C)n1ncc(NC=O)c1F.Cc1cc(-c2cc(N3CCOCC3)n3nc(C(O)(O)O)nc3c2)c(C)cc1F. The predicted octanol–water partition coefficient (Wildman–Crippen LogP) is 3.45. The quantitative estimate of drug-likeness (QED) is 0.199. The molecule has 0 saturated carbocycles. The Morgan fingerprint density at radius 2 is 1.65 bits per heavy atom. The highest BCUT2D eigenvalue weighted by molar-refractivity contribution is 5.75. The van der Waals surface area contributed by atoms with Crippen LogP contribution in [0.25, 0.3) is 16.8 Å². The summed E-state index contributed by atoms with van der Waals surface area (Å²) in [5.41, 5.74) is 2.92. The molecule has 0 aliphatic carbocycles. The van der Waals surface area contributed by atoms with Crippen LogP contribution in [0.15, 0.2) is 30.5 Å². The first-order chi connectivity index (χ1) is 20.2. The number of nitrogens with zero attached hydrogens (tertiary/aromatic N) is 6. The molecule has 0 unspecified atom stereocenters. The van der Waals surface area contributed by atoms with Crippen LogP contribution in [0.3, 0.4) is 0 Å². The second kappa shape index (κ2) is 13.5. The number of rotatable bonds is 5. The fourth-order valence-corrected chi connectivity index (χ4v) is 4.34. The van der Waals surface area contributed by atoms with Crippen LogP contribution in [0, 0.1) is 25.6 Å². The average molecular weight is 604 g/mol. The zero-order valence-corrected chi connectivity index (χ0v) is 25.4. The second-order valence-electron chi connectivity index (χ2n) is 10.7. The first kappa shape index (κ1) is 33.5. The van der Waals surface area contributed by atoms with Crippen LogP contribution in [0.4, 0.5) is 20.3 Å². The lowest BCUT2D eigenvalue weighted by Gasteiger charge is -2.29. The molecule has 1 fully saturated rings. The Labute approximate surface area is 248 Å². The number of ether oxygens (including phenoxy) is 1. The molecule has 0 bridgehead atoms. The van der Waals surface area contributed by atoms with E-state index in [-0.39, 0.29) is 11.5 Å². The molecule has 1 saturated heterocycles. The Balaban J connectivity index is 0.000000284. The number of anilines is 2. The highest BCUT2D eigenvalue weighted by atomic mass is 19.1. The standard InChI is InChI=1S/C19H21FN4O4.C8H12FN3O.C2H6/c1-11-8-15(20)12(2)7-14(11)13-9-16-21-18(19(25,26)27)22-24(16)17(10-13)23-3-5-28-6-4-23;1-8(2,3)12-7(9)6(4-11-12)10-5-13;1-2/h7-10,25-27H,3-6H2,1-2H3;4-5H,1-3H3,(H,10,13);1-2H3. The van der Waals surface area contributed by atoms with E-state index in [0.29, 0.717) is 49.7 Å². The minimum atomic E-state index is -3.14. The fourth-order valence-electron chi connectivity index (χ4n) is 4.34. The number of morpholine rings is 1. The van der Waals surface area contributed by atoms with Crippen molar-refractivity contribution >= 4 is 23.6 Å². The lowest BCUT2D eigenvalue weighted by Crippen LogP contribution is -2.37. The maximum absolute atomic E-state index is 13.9. The summed E-state index contributed by atoms with van der Waals surface area (Å²) in [6.45, 7) is 15.3. The third-order valence-electron chi connectivity index (χ3n) is 6.43. The Hall–Kier alpha value is -3.98. The number of amides is 1. The number of fused-ring (bicyclic) bond motifs is 1. The molecule has 12 nitrogen and oxygen atoms in total. The van der Waals surface area contributed by atoms with Gasteiger partial charge in [-0.05, 0) is 81.1 Å². The largest absolute Gasteiger partial charge is 0.378 e. The van der Waals surface area contributed by atoms with Crippen molar-refractivity contribution in [3.63, 3.8) is 0 Å². The third kappa shape index (κ3) is 7.70. The minimum absolute atomic E-state index is 0.102. The van der Waals surface area contributed by atoms with Crippen molar-refractivity contribution in [1.29, 1.82) is 0 Å². The van der Waals surface area contributed by atoms with E-state index in [4.69, 9.17) is 4.74 Å². The van der Waals surface area contributed by atoms with Crippen LogP contribution in [0.2, 0.25) is 0 Å². The van der Waals surface area contributed by atoms with Crippen molar-refractivity contribution in [3.8, 4) is 11.1 Å². The topological polar surface area (TPSA) is 150 Å². The van der Waals surface area contributed by atoms with Crippen LogP contribution >= 0.6 is 0 Å². The first-order valence-corrected chi connectivity index (χ1v) is 13.8. The lowest BCUT2D eigenvalue weighted by molar-refractivity contribution is -0.328. The van der Waals surface area contributed by atoms with Crippen LogP contribution in [-0.2, 0) is 21.0 Å². The van der Waals surface area contributed by atoms with Gasteiger partial charge in [-0.3, -0.25) is 4.79 Å². The summed E-state index contributed by atoms with van der Waals surface area (Å²) in [6, 6.07) is 6.86. The summed E-state index contributed by atoms with van der Waals surface area (Å²) in [4.78, 5) is 16.2. The van der Waals surface area contributed by atoms with E-state index in [0.717, 1.165) is 16.7 Å². The number of hydrogen-bond acceptors (Lipinski definition) is 9. The lowest BCUT2D eigenvalue weighted by atomic mass is 9.98. The van der Waals surface area contributed by atoms with Gasteiger partial charge in [0.05, 0.1) is 24.9 Å². The van der Waals surface area contributed by atoms with E-state index < -0.39 is 23.3 Å². The van der Waals surface area contributed by atoms with E-state index in [1.54, 1.807) is 19.1 Å². The van der Waals surface area contributed by atoms with Gasteiger partial charge >= 0.3 is 5.97 Å². The monoisotopic (exact) mass is 603 g/mol. The summed E-state index contributed by atoms with van der Waals surface area (Å²) in [5.74, 6) is -3.80. The molecule has 4 N–H and O–H groups in total. The molecule has 1 aromatic carbocycles. The summed E-state index contributed by atoms with van der Waals surface area (Å²) in [6.07, 6.45) is 1.71. The van der Waals surface area contributed by atoms with Crippen LogP contribution < -0.4 is 10.2 Å². The van der Waals surface area contributed by atoms with E-state index >= 15 is 0 Å². The van der Waals surface area contributed by atoms with Gasteiger partial charge in [0.15, 0.2) is 5.65 Å². The molecular formula is C29H39F2N7O5. The predicted molar refractivity (Wildman–Crippen MR) is 157 cm³/mol. The van der Waals surface area contributed by atoms with Gasteiger partial charge in [-0.15, -0.1) is 5.10 Å². The van der Waals surface area contributed by atoms with Gasteiger partial charge in [0.2, 0.25) is 18.2 Å². The molecule has 4 heterocycles. The molecule has 0 spiro atoms. The average Bonchev–Trinajstić information content (AvgIpc) is 3.56. The van der Waals surface area contributed by atoms with Crippen molar-refractivity contribution in [1.82, 2.24) is 24.4 Å². The fraction of sp³-hybridized carbons (Fsp3) is 0.448. The van der Waals surface area contributed by atoms with Gasteiger partial charge in [-0.2, -0.15) is 14.0 Å². The second-order valence-corrected chi connectivity index (χ2v) is 10.7. The summed E-state index contributed by atoms with van der Waals surface area (Å²) >= 11 is 0. The number of aryl methyl sites for hydroxylation is 2. The highest BCUT2D eigenvalue weighted by Gasteiger charge is 2.29. The van der Waals surface area contributed by atoms with E-state index in [1.165, 1.54) is 21.5 Å². The highest BCUT2D eigenvalue weighted by Crippen LogP contribution is 2.31. The third-order valence-corrected chi connectivity index (χ3v) is 6.43. The molecular weight excluding hydrogens is 564 g/mol. The molecule has 4 aromatic rings. The maximum Gasteiger partial charge on any atom is 0.342 e. The van der Waals surface area contributed by atoms with E-state index in [1.807, 2.05) is 52.5 Å². The number of hydrogen-bond donors (Lipinski definition) is 4. The van der Waals surface area contributed by atoms with Gasteiger partial charge < -0.3 is 30.3 Å². The minimum Gasteiger partial charge on any atom is -0.378 e. The number of halogens is 2. The molecule has 1 aliphatic rings. The van der Waals surface area contributed by atoms with Gasteiger partial charge in [-0.25, -0.2) is 14.1 Å². The van der Waals surface area contributed by atoms with E-state index in [9.17, 15) is 28.9 Å². The normalized spacial score (nSPS) is 13.6. The molecule has 1 amide bonds. The number of benzene rings is 1. The van der Waals surface area contributed by atoms with Gasteiger partial charge in [0, 0.05) is 13.1 Å². The molecule has 5 rings (SSSR count). The number of aromatic nitrogens is 5. The number of nitrogens with one attached hydrogen (secondary N) is 1. The summed E-state index contributed by atoms with van der Waals surface area (Å²) < 4.78 is 35.4. The van der Waals surface area contributed by atoms with Crippen LogP contribution in [0.1, 0.15) is 51.6 Å². The summed E-state index contributed by atoms with van der Waals surface area (Å²) in [7, 11) is 0. The maximum atomic E-state index is 13.9. The zero-order chi connectivity index (χ0) is 32.1. The Morgan fingerprint density at radius 3 is 2.21 bits per heavy atom. The van der Waals surface area contributed by atoms with Crippen LogP contribution in [-0.4, -0.2) is 72.4 Å². The van der Waals surface area contributed by atoms with Gasteiger partial charge in [-0.1, -0.05) is 13.8 Å². The van der Waals surface area contributed by atoms with E-state index in [2.05, 4.69) is 20.5 Å². The zero-order valence-electron chi connectivity index (χ0n) is 25.4. The molecule has 1 aliphatic heterocycles. The van der Waals surface area contributed by atoms with Crippen molar-refractivity contribution in [2.24, 2.45) is 0 Å². The molecule has 0 radical (unpaired) electrons. The van der Waals surface area contributed by atoms with Crippen LogP contribution in [0.5, 0.6) is 0 Å². The molecule has 3 aromatic heterocycles. The number of aliphatic hydroxyl groups is 3. The summed E-state index contributed by atoms with van der Waals surface area (Å²) in [5, 5.41) is 38.6. The Kier molecular flexibility index (Phi) is 10.6. The van der Waals surface area contributed by atoms with Crippen molar-refractivity contribution in [3.05, 3.63) is 59.2 Å². The van der Waals surface area contributed by atoms with Gasteiger partial charge in [0.1, 0.15) is 17.3 Å². The van der Waals surface area contributed by atoms with Crippen molar-refractivity contribution < 1.29 is 33.6 Å². The molecule has 14 heteroatoms. The smallest absolute Gasteiger partial charge is 0.342 e. The number of carbonyl (C=O) groups is 1.